The maximum Gasteiger partial charge on any atom is 0.452 e. The van der Waals surface area contributed by atoms with Gasteiger partial charge in [-0.2, -0.15) is 26.3 Å². The Hall–Kier alpha value is -2.77. The second-order valence-corrected chi connectivity index (χ2v) is 11.0. The number of hydrogen-bond donors (Lipinski definition) is 0. The smallest absolute Gasteiger partial charge is 0.452 e. The summed E-state index contributed by atoms with van der Waals surface area (Å²) in [6.45, 7) is 2.01. The van der Waals surface area contributed by atoms with E-state index < -0.39 is 56.7 Å². The highest BCUT2D eigenvalue weighted by Gasteiger charge is 2.64. The molecular formula is C21H20F6N2O5S. The van der Waals surface area contributed by atoms with Gasteiger partial charge in [0.25, 0.3) is 5.91 Å². The minimum atomic E-state index is -4.74. The van der Waals surface area contributed by atoms with E-state index in [4.69, 9.17) is 4.74 Å². The van der Waals surface area contributed by atoms with Crippen molar-refractivity contribution < 1.29 is 48.8 Å². The molecule has 0 N–H and O–H groups in total. The standard InChI is InChI=1S/C21H20F6N2O5S/c1-10-16(28-34-17(10)21(25,26)27)19-7-12(19)8-29(9-19)18(30)14-6-13(35(3,31)32)4-5-15(14)33-11(2)20(22,23)24/h4-6,11-12H,7-9H2,1-3H3/t11-,12?,19+/m1/s1. The number of amides is 1. The third-order valence-corrected chi connectivity index (χ3v) is 7.57. The first-order chi connectivity index (χ1) is 15.9. The van der Waals surface area contributed by atoms with Crippen LogP contribution in [0.2, 0.25) is 0 Å². The zero-order valence-corrected chi connectivity index (χ0v) is 19.4. The number of piperidine rings is 1. The molecule has 1 aliphatic heterocycles. The van der Waals surface area contributed by atoms with Gasteiger partial charge in [-0.15, -0.1) is 0 Å². The predicted octanol–water partition coefficient (Wildman–Crippen LogP) is 4.15. The zero-order chi connectivity index (χ0) is 26.1. The summed E-state index contributed by atoms with van der Waals surface area (Å²) in [4.78, 5) is 14.3. The molecule has 3 atom stereocenters. The minimum absolute atomic E-state index is 0.0570. The van der Waals surface area contributed by atoms with Crippen molar-refractivity contribution in [3.8, 4) is 5.75 Å². The second-order valence-electron chi connectivity index (χ2n) is 8.96. The Bertz CT molecular complexity index is 1290. The van der Waals surface area contributed by atoms with Gasteiger partial charge in [-0.25, -0.2) is 8.42 Å². The number of hydrogen-bond acceptors (Lipinski definition) is 6. The van der Waals surface area contributed by atoms with Gasteiger partial charge < -0.3 is 14.2 Å². The Morgan fingerprint density at radius 1 is 1.26 bits per heavy atom. The van der Waals surface area contributed by atoms with Crippen LogP contribution in [0.1, 0.15) is 40.7 Å². The van der Waals surface area contributed by atoms with Crippen molar-refractivity contribution in [2.45, 2.75) is 49.0 Å². The summed E-state index contributed by atoms with van der Waals surface area (Å²) >= 11 is 0. The van der Waals surface area contributed by atoms with Gasteiger partial charge in [0.15, 0.2) is 15.9 Å². The molecule has 1 aliphatic carbocycles. The Morgan fingerprint density at radius 2 is 1.91 bits per heavy atom. The molecule has 1 saturated heterocycles. The number of halogens is 6. The molecule has 4 rings (SSSR count). The van der Waals surface area contributed by atoms with Gasteiger partial charge >= 0.3 is 12.4 Å². The Kier molecular flexibility index (Phi) is 5.69. The monoisotopic (exact) mass is 526 g/mol. The first-order valence-corrected chi connectivity index (χ1v) is 12.2. The number of nitrogens with zero attached hydrogens (tertiary/aromatic N) is 2. The van der Waals surface area contributed by atoms with Crippen LogP contribution in [0.4, 0.5) is 26.3 Å². The summed E-state index contributed by atoms with van der Waals surface area (Å²) in [7, 11) is -3.81. The highest BCUT2D eigenvalue weighted by atomic mass is 32.2. The van der Waals surface area contributed by atoms with Crippen molar-refractivity contribution in [3.63, 3.8) is 0 Å². The van der Waals surface area contributed by atoms with Gasteiger partial charge in [0.05, 0.1) is 16.2 Å². The molecule has 0 radical (unpaired) electrons. The van der Waals surface area contributed by atoms with Crippen molar-refractivity contribution in [2.75, 3.05) is 19.3 Å². The SMILES string of the molecule is Cc1c([C@]23CC2CN(C(=O)c2cc(S(C)(=O)=O)ccc2O[C@H](C)C(F)(F)F)C3)noc1C(F)(F)F. The van der Waals surface area contributed by atoms with Gasteiger partial charge in [0.2, 0.25) is 5.76 Å². The Balaban J connectivity index is 1.66. The van der Waals surface area contributed by atoms with Crippen LogP contribution >= 0.6 is 0 Å². The van der Waals surface area contributed by atoms with Crippen molar-refractivity contribution in [3.05, 3.63) is 40.8 Å². The molecule has 2 fully saturated rings. The molecule has 192 valence electrons. The fourth-order valence-electron chi connectivity index (χ4n) is 4.51. The number of rotatable bonds is 5. The maximum atomic E-state index is 13.3. The van der Waals surface area contributed by atoms with Gasteiger partial charge in [0, 0.05) is 30.3 Å². The maximum absolute atomic E-state index is 13.3. The first kappa shape index (κ1) is 25.3. The van der Waals surface area contributed by atoms with Gasteiger partial charge in [-0.3, -0.25) is 4.79 Å². The van der Waals surface area contributed by atoms with Gasteiger partial charge in [0.1, 0.15) is 5.75 Å². The quantitative estimate of drug-likeness (QED) is 0.544. The minimum Gasteiger partial charge on any atom is -0.480 e. The highest BCUT2D eigenvalue weighted by molar-refractivity contribution is 7.90. The van der Waals surface area contributed by atoms with E-state index in [2.05, 4.69) is 9.68 Å². The van der Waals surface area contributed by atoms with Crippen LogP contribution in [0.3, 0.4) is 0 Å². The molecule has 0 spiro atoms. The molecule has 1 amide bonds. The molecule has 0 bridgehead atoms. The molecule has 2 heterocycles. The third kappa shape index (κ3) is 4.47. The average Bonchev–Trinajstić information content (AvgIpc) is 3.05. The lowest BCUT2D eigenvalue weighted by Gasteiger charge is -2.24. The van der Waals surface area contributed by atoms with Crippen molar-refractivity contribution in [1.29, 1.82) is 0 Å². The van der Waals surface area contributed by atoms with Crippen LogP contribution in [0.25, 0.3) is 0 Å². The molecule has 1 unspecified atom stereocenters. The Labute approximate surface area is 195 Å². The number of fused-ring (bicyclic) bond motifs is 1. The summed E-state index contributed by atoms with van der Waals surface area (Å²) in [5.74, 6) is -2.72. The number of ether oxygens (including phenoxy) is 1. The summed E-state index contributed by atoms with van der Waals surface area (Å²) in [5.41, 5.74) is -1.37. The number of benzene rings is 1. The van der Waals surface area contributed by atoms with Gasteiger partial charge in [-0.1, -0.05) is 5.16 Å². The highest BCUT2D eigenvalue weighted by Crippen LogP contribution is 2.60. The number of aromatic nitrogens is 1. The third-order valence-electron chi connectivity index (χ3n) is 6.46. The second kappa shape index (κ2) is 7.87. The molecule has 1 aromatic carbocycles. The topological polar surface area (TPSA) is 89.7 Å². The van der Waals surface area contributed by atoms with E-state index >= 15 is 0 Å². The Morgan fingerprint density at radius 3 is 2.46 bits per heavy atom. The summed E-state index contributed by atoms with van der Waals surface area (Å²) in [6, 6.07) is 2.95. The van der Waals surface area contributed by atoms with E-state index in [-0.39, 0.29) is 35.2 Å². The summed E-state index contributed by atoms with van der Waals surface area (Å²) in [5, 5.41) is 3.61. The molecule has 35 heavy (non-hydrogen) atoms. The molecule has 7 nitrogen and oxygen atoms in total. The zero-order valence-electron chi connectivity index (χ0n) is 18.6. The fraction of sp³-hybridized carbons (Fsp3) is 0.524. The first-order valence-electron chi connectivity index (χ1n) is 10.4. The largest absolute Gasteiger partial charge is 0.480 e. The van der Waals surface area contributed by atoms with E-state index in [0.29, 0.717) is 6.42 Å². The van der Waals surface area contributed by atoms with Crippen LogP contribution in [-0.2, 0) is 21.4 Å². The molecule has 2 aliphatic rings. The van der Waals surface area contributed by atoms with E-state index in [1.807, 2.05) is 0 Å². The number of carbonyl (C=O) groups excluding carboxylic acids is 1. The van der Waals surface area contributed by atoms with Crippen LogP contribution < -0.4 is 4.74 Å². The van der Waals surface area contributed by atoms with E-state index in [0.717, 1.165) is 31.4 Å². The average molecular weight is 526 g/mol. The van der Waals surface area contributed by atoms with Crippen LogP contribution in [0.5, 0.6) is 5.75 Å². The van der Waals surface area contributed by atoms with Crippen molar-refractivity contribution >= 4 is 15.7 Å². The number of sulfone groups is 1. The number of alkyl halides is 6. The van der Waals surface area contributed by atoms with E-state index in [1.165, 1.54) is 11.8 Å². The molecule has 1 saturated carbocycles. The lowest BCUT2D eigenvalue weighted by atomic mass is 9.97. The van der Waals surface area contributed by atoms with Crippen LogP contribution in [0, 0.1) is 12.8 Å². The van der Waals surface area contributed by atoms with E-state index in [1.54, 1.807) is 0 Å². The lowest BCUT2D eigenvalue weighted by molar-refractivity contribution is -0.189. The lowest BCUT2D eigenvalue weighted by Crippen LogP contribution is -2.35. The number of likely N-dealkylation sites (tertiary alicyclic amines) is 1. The predicted molar refractivity (Wildman–Crippen MR) is 108 cm³/mol. The van der Waals surface area contributed by atoms with Gasteiger partial charge in [-0.05, 0) is 44.4 Å². The normalized spacial score (nSPS) is 23.2. The summed E-state index contributed by atoms with van der Waals surface area (Å²) < 4.78 is 112. The molecule has 2 aromatic rings. The van der Waals surface area contributed by atoms with E-state index in [9.17, 15) is 39.6 Å². The van der Waals surface area contributed by atoms with Crippen LogP contribution in [0.15, 0.2) is 27.6 Å². The fourth-order valence-corrected chi connectivity index (χ4v) is 5.15. The molecule has 14 heteroatoms. The van der Waals surface area contributed by atoms with Crippen LogP contribution in [-0.4, -0.2) is 56.0 Å². The molecular weight excluding hydrogens is 506 g/mol. The summed E-state index contributed by atoms with van der Waals surface area (Å²) in [6.07, 6.45) is -10.4. The van der Waals surface area contributed by atoms with Crippen molar-refractivity contribution in [2.24, 2.45) is 5.92 Å². The van der Waals surface area contributed by atoms with Crippen molar-refractivity contribution in [1.82, 2.24) is 10.1 Å². The molecule has 1 aromatic heterocycles. The number of carbonyl (C=O) groups is 1.